The lowest BCUT2D eigenvalue weighted by molar-refractivity contribution is 1.07. The summed E-state index contributed by atoms with van der Waals surface area (Å²) in [5, 5.41) is 95.4. The van der Waals surface area contributed by atoms with Crippen molar-refractivity contribution in [2.45, 2.75) is 0 Å². The van der Waals surface area contributed by atoms with Crippen molar-refractivity contribution in [2.75, 3.05) is 0 Å². The Morgan fingerprint density at radius 2 is 0.481 bits per heavy atom. The number of aromatic nitrogens is 5. The number of fused-ring (bicyclic) bond motifs is 6. The molecule has 16 aromatic rings. The van der Waals surface area contributed by atoms with E-state index in [0.29, 0.717) is 112 Å². The first kappa shape index (κ1) is 62.7. The second-order valence-electron chi connectivity index (χ2n) is 24.9. The number of nitriles is 9. The van der Waals surface area contributed by atoms with Gasteiger partial charge < -0.3 is 9.13 Å². The van der Waals surface area contributed by atoms with Gasteiger partial charge in [0.25, 0.3) is 0 Å². The zero-order valence-electron chi connectivity index (χ0n) is 54.7. The topological polar surface area (TPSA) is 263 Å². The Hall–Kier alpha value is -16.1. The molecule has 0 radical (unpaired) electrons. The summed E-state index contributed by atoms with van der Waals surface area (Å²) in [7, 11) is 0. The predicted octanol–water partition coefficient (Wildman–Crippen LogP) is 19.9. The second kappa shape index (κ2) is 26.0. The van der Waals surface area contributed by atoms with Crippen molar-refractivity contribution in [3.63, 3.8) is 0 Å². The predicted molar refractivity (Wildman–Crippen MR) is 400 cm³/mol. The standard InChI is InChI=1S/C90H44N14/c91-45-54-8-7-13-65(30-54)70-14-20-76(87(44-70)104-85-23-17-68(74-35-59(50-96)28-60(36-74)51-97)41-80(85)81-42-69(18-24-86(81)104)75-37-61(52-98)29-62(38-75)53-99)77-43-71(90-101-88(63-9-3-1-4-10-63)100-89(102-90)64-11-5-2-6-12-64)19-25-82(77)103-83-21-15-66(72-31-55(46-92)26-56(32-72)47-93)39-78(83)79-40-67(16-22-84(79)103)73-33-57(48-94)27-58(34-73)49-95/h1-44H. The minimum absolute atomic E-state index is 0.322. The number of nitrogens with zero attached hydrogens (tertiary/aromatic N) is 14. The smallest absolute Gasteiger partial charge is 0.164 e. The van der Waals surface area contributed by atoms with Gasteiger partial charge in [0.05, 0.1) is 138 Å². The van der Waals surface area contributed by atoms with Crippen LogP contribution in [0.25, 0.3) is 156 Å². The molecule has 0 aliphatic rings. The number of rotatable bonds is 11. The van der Waals surface area contributed by atoms with E-state index in [4.69, 9.17) is 15.0 Å². The van der Waals surface area contributed by atoms with E-state index >= 15 is 0 Å². The normalized spacial score (nSPS) is 10.8. The zero-order chi connectivity index (χ0) is 71.1. The lowest BCUT2D eigenvalue weighted by atomic mass is 9.94. The summed E-state index contributed by atoms with van der Waals surface area (Å²) in [4.78, 5) is 15.6. The molecule has 14 nitrogen and oxygen atoms in total. The molecule has 474 valence electrons. The largest absolute Gasteiger partial charge is 0.309 e. The second-order valence-corrected chi connectivity index (χ2v) is 24.9. The van der Waals surface area contributed by atoms with E-state index in [1.165, 1.54) is 0 Å². The van der Waals surface area contributed by atoms with Crippen LogP contribution < -0.4 is 0 Å². The van der Waals surface area contributed by atoms with Crippen LogP contribution in [-0.4, -0.2) is 24.1 Å². The van der Waals surface area contributed by atoms with E-state index in [1.807, 2.05) is 140 Å². The first-order chi connectivity index (χ1) is 51.0. The van der Waals surface area contributed by atoms with Gasteiger partial charge in [-0.2, -0.15) is 47.4 Å². The summed E-state index contributed by atoms with van der Waals surface area (Å²) in [6.07, 6.45) is 0. The highest BCUT2D eigenvalue weighted by molar-refractivity contribution is 6.14. The van der Waals surface area contributed by atoms with Crippen molar-refractivity contribution >= 4 is 43.6 Å². The minimum atomic E-state index is 0.322. The molecule has 0 aliphatic heterocycles. The maximum absolute atomic E-state index is 10.4. The highest BCUT2D eigenvalue weighted by atomic mass is 15.0. The van der Waals surface area contributed by atoms with Gasteiger partial charge in [-0.3, -0.25) is 0 Å². The molecule has 0 aliphatic carbocycles. The molecule has 0 N–H and O–H groups in total. The quantitative estimate of drug-likeness (QED) is 0.117. The molecule has 0 unspecified atom stereocenters. The minimum Gasteiger partial charge on any atom is -0.309 e. The maximum Gasteiger partial charge on any atom is 0.164 e. The van der Waals surface area contributed by atoms with E-state index in [0.717, 1.165) is 93.7 Å². The van der Waals surface area contributed by atoms with E-state index in [2.05, 4.69) is 112 Å². The summed E-state index contributed by atoms with van der Waals surface area (Å²) in [5.41, 5.74) is 18.3. The molecule has 0 amide bonds. The highest BCUT2D eigenvalue weighted by Gasteiger charge is 2.26. The van der Waals surface area contributed by atoms with Gasteiger partial charge in [0.2, 0.25) is 0 Å². The van der Waals surface area contributed by atoms with Crippen LogP contribution in [0.5, 0.6) is 0 Å². The van der Waals surface area contributed by atoms with Crippen molar-refractivity contribution in [3.8, 4) is 167 Å². The Bertz CT molecular complexity index is 6340. The molecule has 0 fully saturated rings. The van der Waals surface area contributed by atoms with Crippen molar-refractivity contribution in [1.82, 2.24) is 24.1 Å². The lowest BCUT2D eigenvalue weighted by Gasteiger charge is -2.21. The van der Waals surface area contributed by atoms with Crippen molar-refractivity contribution in [1.29, 1.82) is 47.4 Å². The molecular formula is C90H44N14. The van der Waals surface area contributed by atoms with Crippen molar-refractivity contribution in [2.24, 2.45) is 0 Å². The average molecular weight is 1320 g/mol. The summed E-state index contributed by atoms with van der Waals surface area (Å²) < 4.78 is 4.42. The fraction of sp³-hybridized carbons (Fsp3) is 0. The molecule has 14 heteroatoms. The van der Waals surface area contributed by atoms with Crippen LogP contribution >= 0.6 is 0 Å². The fourth-order valence-electron chi connectivity index (χ4n) is 13.9. The fourth-order valence-corrected chi connectivity index (χ4v) is 13.9. The van der Waals surface area contributed by atoms with Gasteiger partial charge in [0, 0.05) is 49.4 Å². The Kier molecular flexibility index (Phi) is 15.7. The molecule has 0 spiro atoms. The van der Waals surface area contributed by atoms with Crippen LogP contribution in [0.4, 0.5) is 0 Å². The van der Waals surface area contributed by atoms with Gasteiger partial charge in [-0.05, 0) is 213 Å². The van der Waals surface area contributed by atoms with E-state index < -0.39 is 0 Å². The molecule has 13 aromatic carbocycles. The van der Waals surface area contributed by atoms with Crippen LogP contribution in [0.15, 0.2) is 267 Å². The molecular weight excluding hydrogens is 1280 g/mol. The van der Waals surface area contributed by atoms with Crippen LogP contribution in [0, 0.1) is 102 Å². The van der Waals surface area contributed by atoms with Gasteiger partial charge in [-0.1, -0.05) is 109 Å². The summed E-state index contributed by atoms with van der Waals surface area (Å²) in [6, 6.07) is 104. The monoisotopic (exact) mass is 1320 g/mol. The third kappa shape index (κ3) is 11.3. The van der Waals surface area contributed by atoms with Crippen molar-refractivity contribution < 1.29 is 0 Å². The third-order valence-corrected chi connectivity index (χ3v) is 18.7. The third-order valence-electron chi connectivity index (χ3n) is 18.7. The molecule has 3 heterocycles. The number of hydrogen-bond donors (Lipinski definition) is 0. The van der Waals surface area contributed by atoms with Gasteiger partial charge in [-0.25, -0.2) is 15.0 Å². The van der Waals surface area contributed by atoms with E-state index in [9.17, 15) is 47.4 Å². The SMILES string of the molecule is N#Cc1cccc(-c2ccc(-c3cc(-c4nc(-c5ccccc5)nc(-c5ccccc5)n4)ccc3-n3c4ccc(-c5cc(C#N)cc(C#N)c5)cc4c4cc(-c5cc(C#N)cc(C#N)c5)ccc43)c(-n3c4ccc(-c5cc(C#N)cc(C#N)c5)cc4c4cc(-c5cc(C#N)cc(C#N)c5)ccc43)c2)c1. The van der Waals surface area contributed by atoms with E-state index in [1.54, 1.807) is 78.9 Å². The van der Waals surface area contributed by atoms with Crippen LogP contribution in [0.1, 0.15) is 50.1 Å². The Balaban J connectivity index is 1.04. The first-order valence-electron chi connectivity index (χ1n) is 32.7. The van der Waals surface area contributed by atoms with Gasteiger partial charge in [-0.15, -0.1) is 0 Å². The van der Waals surface area contributed by atoms with Crippen molar-refractivity contribution in [3.05, 3.63) is 317 Å². The highest BCUT2D eigenvalue weighted by Crippen LogP contribution is 2.46. The lowest BCUT2D eigenvalue weighted by Crippen LogP contribution is -2.04. The number of benzene rings is 13. The average Bonchev–Trinajstić information content (AvgIpc) is 1.55. The van der Waals surface area contributed by atoms with Gasteiger partial charge in [0.15, 0.2) is 17.5 Å². The molecule has 0 bridgehead atoms. The Morgan fingerprint density at radius 3 is 0.837 bits per heavy atom. The summed E-state index contributed by atoms with van der Waals surface area (Å²) >= 11 is 0. The first-order valence-corrected chi connectivity index (χ1v) is 32.7. The summed E-state index contributed by atoms with van der Waals surface area (Å²) in [5.74, 6) is 1.30. The molecule has 104 heavy (non-hydrogen) atoms. The van der Waals surface area contributed by atoms with Crippen LogP contribution in [0.2, 0.25) is 0 Å². The Labute approximate surface area is 595 Å². The van der Waals surface area contributed by atoms with Gasteiger partial charge in [0.1, 0.15) is 0 Å². The summed E-state index contributed by atoms with van der Waals surface area (Å²) in [6.45, 7) is 0. The molecule has 0 saturated carbocycles. The molecule has 0 saturated heterocycles. The molecule has 16 rings (SSSR count). The van der Waals surface area contributed by atoms with E-state index in [-0.39, 0.29) is 0 Å². The van der Waals surface area contributed by atoms with Crippen LogP contribution in [0.3, 0.4) is 0 Å². The zero-order valence-corrected chi connectivity index (χ0v) is 54.7. The number of hydrogen-bond acceptors (Lipinski definition) is 12. The molecule has 3 aromatic heterocycles. The van der Waals surface area contributed by atoms with Crippen LogP contribution in [-0.2, 0) is 0 Å². The Morgan fingerprint density at radius 1 is 0.192 bits per heavy atom. The maximum atomic E-state index is 10.4. The van der Waals surface area contributed by atoms with Gasteiger partial charge >= 0.3 is 0 Å². The molecule has 0 atom stereocenters.